The Labute approximate surface area is 138 Å². The van der Waals surface area contributed by atoms with E-state index in [1.54, 1.807) is 0 Å². The number of carboxylic acid groups (broad SMARTS) is 1. The van der Waals surface area contributed by atoms with Crippen LogP contribution in [0.5, 0.6) is 0 Å². The van der Waals surface area contributed by atoms with Gasteiger partial charge in [0.05, 0.1) is 5.92 Å². The fraction of sp³-hybridized carbons (Fsp3) is 0.389. The Balaban J connectivity index is 1.51. The van der Waals surface area contributed by atoms with Gasteiger partial charge in [-0.3, -0.25) is 9.59 Å². The van der Waals surface area contributed by atoms with E-state index in [0.29, 0.717) is 5.89 Å². The molecule has 2 aliphatic rings. The molecule has 6 nitrogen and oxygen atoms in total. The summed E-state index contributed by atoms with van der Waals surface area (Å²) in [5, 5.41) is 12.3. The minimum absolute atomic E-state index is 0.176. The maximum atomic E-state index is 12.5. The van der Waals surface area contributed by atoms with Crippen LogP contribution < -0.4 is 5.32 Å². The first kappa shape index (κ1) is 14.9. The molecule has 6 heteroatoms. The molecule has 4 rings (SSSR count). The van der Waals surface area contributed by atoms with Crippen molar-refractivity contribution >= 4 is 11.9 Å². The Kier molecular flexibility index (Phi) is 3.59. The third-order valence-corrected chi connectivity index (χ3v) is 5.26. The molecular formula is C18H18N2O4. The Morgan fingerprint density at radius 3 is 2.67 bits per heavy atom. The molecule has 2 fully saturated rings. The first-order valence-electron chi connectivity index (χ1n) is 8.18. The van der Waals surface area contributed by atoms with E-state index >= 15 is 0 Å². The van der Waals surface area contributed by atoms with Gasteiger partial charge in [-0.1, -0.05) is 18.2 Å². The van der Waals surface area contributed by atoms with Gasteiger partial charge in [-0.15, -0.1) is 0 Å². The monoisotopic (exact) mass is 326 g/mol. The molecule has 2 aromatic rings. The number of nitrogens with one attached hydrogen (secondary N) is 1. The predicted octanol–water partition coefficient (Wildman–Crippen LogP) is 2.57. The van der Waals surface area contributed by atoms with Gasteiger partial charge in [0.15, 0.2) is 5.69 Å². The summed E-state index contributed by atoms with van der Waals surface area (Å²) in [4.78, 5) is 28.2. The molecule has 4 atom stereocenters. The molecule has 1 heterocycles. The highest BCUT2D eigenvalue weighted by Gasteiger charge is 2.51. The summed E-state index contributed by atoms with van der Waals surface area (Å²) in [5.41, 5.74) is 0.973. The van der Waals surface area contributed by atoms with Crippen LogP contribution in [0.4, 0.5) is 0 Å². The maximum absolute atomic E-state index is 12.5. The van der Waals surface area contributed by atoms with Gasteiger partial charge in [-0.2, -0.15) is 0 Å². The molecule has 0 spiro atoms. The average molecular weight is 326 g/mol. The van der Waals surface area contributed by atoms with Crippen molar-refractivity contribution in [1.29, 1.82) is 0 Å². The number of carbonyl (C=O) groups excluding carboxylic acids is 1. The molecular weight excluding hydrogens is 308 g/mol. The Morgan fingerprint density at radius 1 is 1.17 bits per heavy atom. The standard InChI is InChI=1S/C18H18N2O4/c21-16(13-9-24-17(19-13)10-4-2-1-3-5-10)20-15-12-7-6-11(8-12)14(15)18(22)23/h1-5,9,11-12,14-15H,6-8H2,(H,20,21)(H,22,23)/t11-,12-,14+,15+/m0/s1. The highest BCUT2D eigenvalue weighted by atomic mass is 16.4. The van der Waals surface area contributed by atoms with Gasteiger partial charge in [0.25, 0.3) is 5.91 Å². The second kappa shape index (κ2) is 5.78. The predicted molar refractivity (Wildman–Crippen MR) is 85.2 cm³/mol. The number of aromatic nitrogens is 1. The third kappa shape index (κ3) is 2.48. The zero-order valence-electron chi connectivity index (χ0n) is 13.0. The van der Waals surface area contributed by atoms with E-state index in [1.807, 2.05) is 30.3 Å². The van der Waals surface area contributed by atoms with Crippen molar-refractivity contribution in [3.63, 3.8) is 0 Å². The molecule has 2 saturated carbocycles. The number of amides is 1. The zero-order valence-corrected chi connectivity index (χ0v) is 13.0. The van der Waals surface area contributed by atoms with Crippen LogP contribution in [-0.4, -0.2) is 28.0 Å². The van der Waals surface area contributed by atoms with Crippen LogP contribution in [0.25, 0.3) is 11.5 Å². The summed E-state index contributed by atoms with van der Waals surface area (Å²) in [6.07, 6.45) is 4.13. The first-order valence-corrected chi connectivity index (χ1v) is 8.18. The summed E-state index contributed by atoms with van der Waals surface area (Å²) in [6.45, 7) is 0. The number of aliphatic carboxylic acids is 1. The maximum Gasteiger partial charge on any atom is 0.308 e. The number of nitrogens with zero attached hydrogens (tertiary/aromatic N) is 1. The quantitative estimate of drug-likeness (QED) is 0.901. The lowest BCUT2D eigenvalue weighted by Crippen LogP contribution is -2.46. The normalized spacial score (nSPS) is 28.0. The Hall–Kier alpha value is -2.63. The molecule has 0 radical (unpaired) electrons. The van der Waals surface area contributed by atoms with E-state index in [4.69, 9.17) is 4.42 Å². The van der Waals surface area contributed by atoms with Gasteiger partial charge in [0.2, 0.25) is 5.89 Å². The lowest BCUT2D eigenvalue weighted by molar-refractivity contribution is -0.144. The number of rotatable bonds is 4. The van der Waals surface area contributed by atoms with Crippen molar-refractivity contribution in [3.8, 4) is 11.5 Å². The van der Waals surface area contributed by atoms with E-state index in [1.165, 1.54) is 6.26 Å². The van der Waals surface area contributed by atoms with Crippen LogP contribution in [0.15, 0.2) is 41.0 Å². The number of hydrogen-bond acceptors (Lipinski definition) is 4. The highest BCUT2D eigenvalue weighted by molar-refractivity contribution is 5.93. The van der Waals surface area contributed by atoms with E-state index in [2.05, 4.69) is 10.3 Å². The number of fused-ring (bicyclic) bond motifs is 2. The van der Waals surface area contributed by atoms with Crippen molar-refractivity contribution in [2.75, 3.05) is 0 Å². The zero-order chi connectivity index (χ0) is 16.7. The molecule has 1 amide bonds. The summed E-state index contributed by atoms with van der Waals surface area (Å²) >= 11 is 0. The summed E-state index contributed by atoms with van der Waals surface area (Å²) < 4.78 is 5.38. The van der Waals surface area contributed by atoms with E-state index in [0.717, 1.165) is 24.8 Å². The van der Waals surface area contributed by atoms with Gasteiger partial charge in [0.1, 0.15) is 6.26 Å². The second-order valence-corrected chi connectivity index (χ2v) is 6.60. The Morgan fingerprint density at radius 2 is 1.92 bits per heavy atom. The Bertz CT molecular complexity index is 770. The number of carboxylic acids is 1. The van der Waals surface area contributed by atoms with Crippen molar-refractivity contribution in [1.82, 2.24) is 10.3 Å². The van der Waals surface area contributed by atoms with Crippen LogP contribution in [0.2, 0.25) is 0 Å². The smallest absolute Gasteiger partial charge is 0.308 e. The molecule has 0 saturated heterocycles. The lowest BCUT2D eigenvalue weighted by atomic mass is 9.84. The van der Waals surface area contributed by atoms with Gasteiger partial charge in [-0.05, 0) is 43.2 Å². The van der Waals surface area contributed by atoms with Crippen LogP contribution in [-0.2, 0) is 4.79 Å². The fourth-order valence-corrected chi connectivity index (χ4v) is 4.17. The summed E-state index contributed by atoms with van der Waals surface area (Å²) in [5.74, 6) is -0.880. The van der Waals surface area contributed by atoms with E-state index in [9.17, 15) is 14.7 Å². The van der Waals surface area contributed by atoms with Crippen LogP contribution >= 0.6 is 0 Å². The lowest BCUT2D eigenvalue weighted by Gasteiger charge is -2.28. The molecule has 1 aromatic carbocycles. The largest absolute Gasteiger partial charge is 0.481 e. The molecule has 2 aliphatic carbocycles. The highest BCUT2D eigenvalue weighted by Crippen LogP contribution is 2.48. The van der Waals surface area contributed by atoms with Crippen molar-refractivity contribution in [2.45, 2.75) is 25.3 Å². The average Bonchev–Trinajstić information content (AvgIpc) is 3.31. The number of oxazole rings is 1. The van der Waals surface area contributed by atoms with Crippen molar-refractivity contribution < 1.29 is 19.1 Å². The van der Waals surface area contributed by atoms with Crippen LogP contribution in [0.1, 0.15) is 29.8 Å². The summed E-state index contributed by atoms with van der Waals surface area (Å²) in [6, 6.07) is 9.01. The molecule has 24 heavy (non-hydrogen) atoms. The molecule has 0 aliphatic heterocycles. The van der Waals surface area contributed by atoms with Crippen molar-refractivity contribution in [3.05, 3.63) is 42.3 Å². The first-order chi connectivity index (χ1) is 11.6. The molecule has 124 valence electrons. The second-order valence-electron chi connectivity index (χ2n) is 6.60. The number of hydrogen-bond donors (Lipinski definition) is 2. The number of carbonyl (C=O) groups is 2. The molecule has 2 bridgehead atoms. The minimum atomic E-state index is -0.822. The van der Waals surface area contributed by atoms with E-state index in [-0.39, 0.29) is 29.5 Å². The minimum Gasteiger partial charge on any atom is -0.481 e. The van der Waals surface area contributed by atoms with Crippen LogP contribution in [0, 0.1) is 17.8 Å². The van der Waals surface area contributed by atoms with Gasteiger partial charge < -0.3 is 14.8 Å². The van der Waals surface area contributed by atoms with Gasteiger partial charge >= 0.3 is 5.97 Å². The number of benzene rings is 1. The molecule has 0 unspecified atom stereocenters. The molecule has 2 N–H and O–H groups in total. The topological polar surface area (TPSA) is 92.4 Å². The molecule has 1 aromatic heterocycles. The van der Waals surface area contributed by atoms with Crippen LogP contribution in [0.3, 0.4) is 0 Å². The van der Waals surface area contributed by atoms with Gasteiger partial charge in [0, 0.05) is 11.6 Å². The fourth-order valence-electron chi connectivity index (χ4n) is 4.17. The SMILES string of the molecule is O=C(N[C@@H]1[C@H]2CC[C@@H](C2)[C@H]1C(=O)O)c1coc(-c2ccccc2)n1. The third-order valence-electron chi connectivity index (χ3n) is 5.26. The van der Waals surface area contributed by atoms with Crippen molar-refractivity contribution in [2.24, 2.45) is 17.8 Å². The van der Waals surface area contributed by atoms with Gasteiger partial charge in [-0.25, -0.2) is 4.98 Å². The summed E-state index contributed by atoms with van der Waals surface area (Å²) in [7, 11) is 0. The van der Waals surface area contributed by atoms with E-state index < -0.39 is 11.9 Å².